The molecule has 0 aliphatic rings. The van der Waals surface area contributed by atoms with Crippen molar-refractivity contribution in [2.45, 2.75) is 19.5 Å². The van der Waals surface area contributed by atoms with Crippen LogP contribution in [0.25, 0.3) is 0 Å². The van der Waals surface area contributed by atoms with Gasteiger partial charge in [0.1, 0.15) is 11.5 Å². The van der Waals surface area contributed by atoms with Crippen LogP contribution in [0, 0.1) is 0 Å². The summed E-state index contributed by atoms with van der Waals surface area (Å²) in [5.41, 5.74) is -0.828. The van der Waals surface area contributed by atoms with E-state index in [-0.39, 0.29) is 5.82 Å². The van der Waals surface area contributed by atoms with Crippen molar-refractivity contribution in [2.24, 2.45) is 0 Å². The van der Waals surface area contributed by atoms with Gasteiger partial charge in [0, 0.05) is 12.6 Å². The van der Waals surface area contributed by atoms with Gasteiger partial charge in [0.15, 0.2) is 0 Å². The van der Waals surface area contributed by atoms with Gasteiger partial charge >= 0.3 is 6.18 Å². The lowest BCUT2D eigenvalue weighted by molar-refractivity contribution is -0.141. The minimum absolute atomic E-state index is 0.231. The van der Waals surface area contributed by atoms with E-state index < -0.39 is 11.9 Å². The van der Waals surface area contributed by atoms with Crippen LogP contribution in [-0.4, -0.2) is 16.7 Å². The molecule has 0 bridgehead atoms. The van der Waals surface area contributed by atoms with Gasteiger partial charge in [-0.25, -0.2) is 0 Å². The minimum Gasteiger partial charge on any atom is -0.369 e. The monoisotopic (exact) mass is 193 g/mol. The number of H-pyrrole nitrogens is 1. The van der Waals surface area contributed by atoms with Crippen molar-refractivity contribution >= 4 is 5.82 Å². The Kier molecular flexibility index (Phi) is 2.79. The first-order chi connectivity index (χ1) is 6.04. The van der Waals surface area contributed by atoms with E-state index in [1.807, 2.05) is 12.0 Å². The molecule has 0 saturated carbocycles. The highest BCUT2D eigenvalue weighted by Crippen LogP contribution is 2.28. The van der Waals surface area contributed by atoms with E-state index >= 15 is 0 Å². The number of aromatic nitrogens is 2. The molecular formula is C7H10F3N3. The Morgan fingerprint density at radius 1 is 1.54 bits per heavy atom. The molecule has 0 atom stereocenters. The Labute approximate surface area is 73.3 Å². The maximum Gasteiger partial charge on any atom is 0.432 e. The Hall–Kier alpha value is -1.20. The molecule has 3 nitrogen and oxygen atoms in total. The quantitative estimate of drug-likeness (QED) is 0.772. The van der Waals surface area contributed by atoms with Crippen LogP contribution in [0.5, 0.6) is 0 Å². The zero-order valence-electron chi connectivity index (χ0n) is 7.07. The van der Waals surface area contributed by atoms with Gasteiger partial charge in [-0.2, -0.15) is 18.3 Å². The lowest BCUT2D eigenvalue weighted by Gasteiger charge is -2.00. The second kappa shape index (κ2) is 3.68. The fourth-order valence-electron chi connectivity index (χ4n) is 0.811. The summed E-state index contributed by atoms with van der Waals surface area (Å²) in [7, 11) is 0. The predicted molar refractivity (Wildman–Crippen MR) is 42.4 cm³/mol. The second-order valence-corrected chi connectivity index (χ2v) is 2.59. The molecule has 0 fully saturated rings. The molecule has 0 unspecified atom stereocenters. The van der Waals surface area contributed by atoms with Gasteiger partial charge in [-0.1, -0.05) is 6.92 Å². The molecule has 0 radical (unpaired) electrons. The van der Waals surface area contributed by atoms with E-state index in [9.17, 15) is 13.2 Å². The van der Waals surface area contributed by atoms with Crippen LogP contribution in [0.15, 0.2) is 6.07 Å². The third-order valence-electron chi connectivity index (χ3n) is 1.44. The van der Waals surface area contributed by atoms with Gasteiger partial charge in [-0.3, -0.25) is 5.10 Å². The lowest BCUT2D eigenvalue weighted by Crippen LogP contribution is -2.04. The summed E-state index contributed by atoms with van der Waals surface area (Å²) >= 11 is 0. The topological polar surface area (TPSA) is 40.7 Å². The van der Waals surface area contributed by atoms with Crippen molar-refractivity contribution in [1.29, 1.82) is 0 Å². The molecule has 1 heterocycles. The molecule has 6 heteroatoms. The molecule has 1 aromatic heterocycles. The fourth-order valence-corrected chi connectivity index (χ4v) is 0.811. The second-order valence-electron chi connectivity index (χ2n) is 2.59. The highest BCUT2D eigenvalue weighted by atomic mass is 19.4. The molecule has 0 aliphatic carbocycles. The number of aromatic amines is 1. The normalized spacial score (nSPS) is 11.7. The summed E-state index contributed by atoms with van der Waals surface area (Å²) < 4.78 is 36.1. The average Bonchev–Trinajstić information content (AvgIpc) is 2.47. The molecule has 0 aliphatic heterocycles. The predicted octanol–water partition coefficient (Wildman–Crippen LogP) is 2.25. The largest absolute Gasteiger partial charge is 0.432 e. The Morgan fingerprint density at radius 2 is 2.23 bits per heavy atom. The molecular weight excluding hydrogens is 183 g/mol. The number of nitrogens with zero attached hydrogens (tertiary/aromatic N) is 1. The van der Waals surface area contributed by atoms with E-state index in [0.29, 0.717) is 6.54 Å². The zero-order valence-corrected chi connectivity index (χ0v) is 7.07. The highest BCUT2D eigenvalue weighted by Gasteiger charge is 2.32. The Morgan fingerprint density at radius 3 is 2.69 bits per heavy atom. The molecule has 74 valence electrons. The van der Waals surface area contributed by atoms with Crippen molar-refractivity contribution in [2.75, 3.05) is 11.9 Å². The number of nitrogens with one attached hydrogen (secondary N) is 2. The molecule has 2 N–H and O–H groups in total. The molecule has 1 aromatic rings. The van der Waals surface area contributed by atoms with Crippen LogP contribution >= 0.6 is 0 Å². The summed E-state index contributed by atoms with van der Waals surface area (Å²) in [6.45, 7) is 2.53. The Bertz CT molecular complexity index is 266. The van der Waals surface area contributed by atoms with Crippen molar-refractivity contribution in [3.63, 3.8) is 0 Å². The van der Waals surface area contributed by atoms with Crippen molar-refractivity contribution in [3.8, 4) is 0 Å². The van der Waals surface area contributed by atoms with Crippen LogP contribution in [0.2, 0.25) is 0 Å². The third kappa shape index (κ3) is 2.64. The number of rotatable bonds is 3. The average molecular weight is 193 g/mol. The maximum absolute atomic E-state index is 12.0. The SMILES string of the molecule is CCCNc1cc(C(F)(F)F)[nH]n1. The van der Waals surface area contributed by atoms with Crippen LogP contribution in [-0.2, 0) is 6.18 Å². The zero-order chi connectivity index (χ0) is 9.90. The summed E-state index contributed by atoms with van der Waals surface area (Å²) in [5, 5.41) is 8.13. The van der Waals surface area contributed by atoms with Crippen LogP contribution in [0.3, 0.4) is 0 Å². The number of alkyl halides is 3. The van der Waals surface area contributed by atoms with Gasteiger partial charge in [-0.05, 0) is 6.42 Å². The van der Waals surface area contributed by atoms with Crippen molar-refractivity contribution in [3.05, 3.63) is 11.8 Å². The highest BCUT2D eigenvalue weighted by molar-refractivity contribution is 5.35. The summed E-state index contributed by atoms with van der Waals surface area (Å²) in [4.78, 5) is 0. The van der Waals surface area contributed by atoms with Gasteiger partial charge in [-0.15, -0.1) is 0 Å². The minimum atomic E-state index is -4.35. The first-order valence-corrected chi connectivity index (χ1v) is 3.90. The molecule has 0 saturated heterocycles. The smallest absolute Gasteiger partial charge is 0.369 e. The van der Waals surface area contributed by atoms with E-state index in [1.165, 1.54) is 0 Å². The van der Waals surface area contributed by atoms with Gasteiger partial charge < -0.3 is 5.32 Å². The molecule has 0 aromatic carbocycles. The first kappa shape index (κ1) is 9.88. The lowest BCUT2D eigenvalue weighted by atomic mass is 10.4. The van der Waals surface area contributed by atoms with Crippen LogP contribution in [0.1, 0.15) is 19.0 Å². The summed E-state index contributed by atoms with van der Waals surface area (Å²) in [5.74, 6) is 0.231. The number of hydrogen-bond donors (Lipinski definition) is 2. The molecule has 13 heavy (non-hydrogen) atoms. The molecule has 1 rings (SSSR count). The van der Waals surface area contributed by atoms with E-state index in [0.717, 1.165) is 12.5 Å². The summed E-state index contributed by atoms with van der Waals surface area (Å²) in [6, 6.07) is 0.954. The van der Waals surface area contributed by atoms with E-state index in [4.69, 9.17) is 0 Å². The van der Waals surface area contributed by atoms with Crippen molar-refractivity contribution in [1.82, 2.24) is 10.2 Å². The standard InChI is InChI=1S/C7H10F3N3/c1-2-3-11-6-4-5(12-13-6)7(8,9)10/h4H,2-3H2,1H3,(H2,11,12,13). The molecule has 0 spiro atoms. The third-order valence-corrected chi connectivity index (χ3v) is 1.44. The van der Waals surface area contributed by atoms with E-state index in [2.05, 4.69) is 10.4 Å². The maximum atomic E-state index is 12.0. The fraction of sp³-hybridized carbons (Fsp3) is 0.571. The van der Waals surface area contributed by atoms with Crippen LogP contribution < -0.4 is 5.32 Å². The molecule has 0 amide bonds. The number of halogens is 3. The van der Waals surface area contributed by atoms with Gasteiger partial charge in [0.25, 0.3) is 0 Å². The van der Waals surface area contributed by atoms with Crippen LogP contribution in [0.4, 0.5) is 19.0 Å². The number of hydrogen-bond acceptors (Lipinski definition) is 2. The first-order valence-electron chi connectivity index (χ1n) is 3.90. The number of anilines is 1. The van der Waals surface area contributed by atoms with Gasteiger partial charge in [0.05, 0.1) is 0 Å². The van der Waals surface area contributed by atoms with Gasteiger partial charge in [0.2, 0.25) is 0 Å². The van der Waals surface area contributed by atoms with E-state index in [1.54, 1.807) is 0 Å². The Balaban J connectivity index is 2.64. The van der Waals surface area contributed by atoms with Crippen molar-refractivity contribution < 1.29 is 13.2 Å². The summed E-state index contributed by atoms with van der Waals surface area (Å²) in [6.07, 6.45) is -3.51.